The summed E-state index contributed by atoms with van der Waals surface area (Å²) in [4.78, 5) is 0. The van der Waals surface area contributed by atoms with Gasteiger partial charge in [0, 0.05) is 6.42 Å². The Bertz CT molecular complexity index is 589. The molecule has 124 valence electrons. The summed E-state index contributed by atoms with van der Waals surface area (Å²) in [7, 11) is 0. The summed E-state index contributed by atoms with van der Waals surface area (Å²) in [6.07, 6.45) is 2.78. The molecule has 0 saturated carbocycles. The Morgan fingerprint density at radius 2 is 1.62 bits per heavy atom. The molecule has 0 spiro atoms. The van der Waals surface area contributed by atoms with Crippen molar-refractivity contribution in [3.63, 3.8) is 0 Å². The van der Waals surface area contributed by atoms with Gasteiger partial charge in [-0.1, -0.05) is 31.4 Å². The summed E-state index contributed by atoms with van der Waals surface area (Å²) >= 11 is 0. The number of rotatable bonds is 3. The third-order valence-electron chi connectivity index (χ3n) is 2.86. The molecule has 0 radical (unpaired) electrons. The third-order valence-corrected chi connectivity index (χ3v) is 2.86. The van der Waals surface area contributed by atoms with E-state index in [1.165, 1.54) is 18.6 Å². The molecule has 1 unspecified atom stereocenters. The van der Waals surface area contributed by atoms with E-state index in [4.69, 9.17) is 5.11 Å². The fraction of sp³-hybridized carbons (Fsp3) is 0.300. The molecule has 0 aromatic heterocycles. The van der Waals surface area contributed by atoms with Crippen LogP contribution in [0.25, 0.3) is 11.1 Å². The van der Waals surface area contributed by atoms with Crippen molar-refractivity contribution in [2.45, 2.75) is 39.2 Å². The molecule has 4 heteroatoms. The van der Waals surface area contributed by atoms with Crippen LogP contribution in [-0.2, 0) is 0 Å². The predicted molar refractivity (Wildman–Crippen MR) is 111 cm³/mol. The first kappa shape index (κ1) is 25.6. The van der Waals surface area contributed by atoms with Crippen LogP contribution in [0.2, 0.25) is 0 Å². The average molecular weight is 450 g/mol. The molecule has 1 N–H and O–H groups in total. The van der Waals surface area contributed by atoms with Gasteiger partial charge < -0.3 is 5.11 Å². The van der Waals surface area contributed by atoms with Crippen LogP contribution in [0.4, 0.5) is 4.39 Å². The fourth-order valence-corrected chi connectivity index (χ4v) is 1.71. The summed E-state index contributed by atoms with van der Waals surface area (Å²) in [6.45, 7) is 3.81. The molecule has 0 bridgehead atoms. The second-order valence-electron chi connectivity index (χ2n) is 4.90. The van der Waals surface area contributed by atoms with E-state index in [0.29, 0.717) is 0 Å². The van der Waals surface area contributed by atoms with E-state index in [-0.39, 0.29) is 52.8 Å². The maximum absolute atomic E-state index is 12.6. The van der Waals surface area contributed by atoms with Crippen molar-refractivity contribution in [1.82, 2.24) is 0 Å². The maximum Gasteiger partial charge on any atom is 2.00 e. The van der Waals surface area contributed by atoms with Gasteiger partial charge in [0.25, 0.3) is 0 Å². The molecule has 0 heterocycles. The first-order chi connectivity index (χ1) is 10.6. The average Bonchev–Trinajstić information content (AvgIpc) is 2.54. The Kier molecular flexibility index (Phi) is 17.0. The van der Waals surface area contributed by atoms with Gasteiger partial charge >= 0.3 is 23.1 Å². The largest absolute Gasteiger partial charge is 2.00 e. The SMILES string of the molecule is CCCCC#CC(C)O.Fc1ccc(-c2cc[c-]cc2)cc1.I.[Mg+2]. The summed E-state index contributed by atoms with van der Waals surface area (Å²) in [6, 6.07) is 17.0. The van der Waals surface area contributed by atoms with Crippen molar-refractivity contribution < 1.29 is 9.50 Å². The normalized spacial score (nSPS) is 9.83. The molecule has 1 atom stereocenters. The quantitative estimate of drug-likeness (QED) is 0.228. The molecule has 0 saturated heterocycles. The molecule has 0 fully saturated rings. The van der Waals surface area contributed by atoms with Crippen LogP contribution in [0.5, 0.6) is 0 Å². The van der Waals surface area contributed by atoms with Crippen molar-refractivity contribution in [3.8, 4) is 23.0 Å². The van der Waals surface area contributed by atoms with E-state index in [9.17, 15) is 4.39 Å². The van der Waals surface area contributed by atoms with Gasteiger partial charge in [0.1, 0.15) is 11.9 Å². The molecule has 0 aliphatic heterocycles. The fourth-order valence-electron chi connectivity index (χ4n) is 1.71. The molecule has 2 aromatic carbocycles. The number of halogens is 2. The zero-order valence-corrected chi connectivity index (χ0v) is 18.0. The first-order valence-electron chi connectivity index (χ1n) is 7.52. The number of hydrogen-bond donors (Lipinski definition) is 1. The second-order valence-corrected chi connectivity index (χ2v) is 4.90. The van der Waals surface area contributed by atoms with E-state index < -0.39 is 6.10 Å². The molecular formula is C20H23FIMgO+. The van der Waals surface area contributed by atoms with E-state index >= 15 is 0 Å². The van der Waals surface area contributed by atoms with E-state index in [2.05, 4.69) is 24.8 Å². The molecule has 0 aliphatic rings. The van der Waals surface area contributed by atoms with Crippen LogP contribution in [0.1, 0.15) is 33.1 Å². The van der Waals surface area contributed by atoms with Crippen LogP contribution < -0.4 is 0 Å². The van der Waals surface area contributed by atoms with Crippen LogP contribution in [-0.4, -0.2) is 34.3 Å². The molecule has 0 aliphatic carbocycles. The van der Waals surface area contributed by atoms with Gasteiger partial charge in [-0.25, -0.2) is 4.39 Å². The van der Waals surface area contributed by atoms with E-state index in [1.807, 2.05) is 24.3 Å². The Labute approximate surface area is 178 Å². The van der Waals surface area contributed by atoms with Gasteiger partial charge in [0.15, 0.2) is 0 Å². The number of benzene rings is 2. The summed E-state index contributed by atoms with van der Waals surface area (Å²) in [5.74, 6) is 5.37. The predicted octanol–water partition coefficient (Wildman–Crippen LogP) is 5.09. The Morgan fingerprint density at radius 1 is 1.08 bits per heavy atom. The smallest absolute Gasteiger partial charge is 0.381 e. The number of aliphatic hydroxyl groups excluding tert-OH is 1. The van der Waals surface area contributed by atoms with Crippen LogP contribution in [0.15, 0.2) is 48.5 Å². The van der Waals surface area contributed by atoms with Gasteiger partial charge in [-0.3, -0.25) is 0 Å². The summed E-state index contributed by atoms with van der Waals surface area (Å²) in [5, 5.41) is 8.68. The molecule has 0 amide bonds. The van der Waals surface area contributed by atoms with E-state index in [1.54, 1.807) is 19.1 Å². The second kappa shape index (κ2) is 15.9. The van der Waals surface area contributed by atoms with Crippen molar-refractivity contribution in [2.75, 3.05) is 0 Å². The molecule has 2 rings (SSSR count). The molecular weight excluding hydrogens is 426 g/mol. The topological polar surface area (TPSA) is 20.2 Å². The van der Waals surface area contributed by atoms with Gasteiger partial charge in [-0.2, -0.15) is 30.3 Å². The van der Waals surface area contributed by atoms with Crippen molar-refractivity contribution >= 4 is 47.0 Å². The van der Waals surface area contributed by atoms with Gasteiger partial charge in [-0.15, -0.1) is 35.5 Å². The van der Waals surface area contributed by atoms with Crippen molar-refractivity contribution in [1.29, 1.82) is 0 Å². The van der Waals surface area contributed by atoms with Crippen LogP contribution in [0, 0.1) is 23.7 Å². The van der Waals surface area contributed by atoms with Crippen LogP contribution >= 0.6 is 24.0 Å². The Balaban J connectivity index is 0. The van der Waals surface area contributed by atoms with Gasteiger partial charge in [0.05, 0.1) is 0 Å². The zero-order valence-electron chi connectivity index (χ0n) is 14.3. The maximum atomic E-state index is 12.6. The van der Waals surface area contributed by atoms with Gasteiger partial charge in [0.2, 0.25) is 0 Å². The summed E-state index contributed by atoms with van der Waals surface area (Å²) < 4.78 is 12.6. The third kappa shape index (κ3) is 11.9. The Morgan fingerprint density at radius 3 is 2.12 bits per heavy atom. The first-order valence-corrected chi connectivity index (χ1v) is 7.52. The number of unbranched alkanes of at least 4 members (excludes halogenated alkanes) is 2. The van der Waals surface area contributed by atoms with E-state index in [0.717, 1.165) is 24.0 Å². The number of aliphatic hydroxyl groups is 1. The van der Waals surface area contributed by atoms with Crippen LogP contribution in [0.3, 0.4) is 0 Å². The minimum absolute atomic E-state index is 0. The molecule has 24 heavy (non-hydrogen) atoms. The van der Waals surface area contributed by atoms with Gasteiger partial charge in [-0.05, 0) is 31.0 Å². The molecule has 2 aromatic rings. The van der Waals surface area contributed by atoms with Crippen molar-refractivity contribution in [3.05, 3.63) is 60.4 Å². The minimum atomic E-state index is -0.457. The van der Waals surface area contributed by atoms with Crippen molar-refractivity contribution in [2.24, 2.45) is 0 Å². The molecule has 1 nitrogen and oxygen atoms in total. The minimum Gasteiger partial charge on any atom is -0.381 e. The summed E-state index contributed by atoms with van der Waals surface area (Å²) in [5.41, 5.74) is 2.11. The standard InChI is InChI=1S/C12H8F.C8H14O.HI.Mg/c13-12-8-6-11(7-9-12)10-4-2-1-3-5-10;1-3-4-5-6-7-8(2)9;;/h2-9H;8-9H,3-5H2,1-2H3;1H;/q-1;;;+2. The number of hydrogen-bond acceptors (Lipinski definition) is 1. The zero-order chi connectivity index (χ0) is 16.2. The Hall–Kier alpha value is -0.614. The monoisotopic (exact) mass is 449 g/mol.